The molecule has 0 saturated carbocycles. The lowest BCUT2D eigenvalue weighted by Gasteiger charge is -2.31. The number of methoxy groups -OCH3 is 1. The quantitative estimate of drug-likeness (QED) is 0.812. The van der Waals surface area contributed by atoms with E-state index in [-0.39, 0.29) is 0 Å². The summed E-state index contributed by atoms with van der Waals surface area (Å²) in [6.45, 7) is 5.55. The van der Waals surface area contributed by atoms with Crippen LogP contribution < -0.4 is 10.5 Å². The number of nitrogen functional groups attached to an aromatic ring is 1. The summed E-state index contributed by atoms with van der Waals surface area (Å²) in [5.41, 5.74) is 7.33. The average Bonchev–Trinajstić information content (AvgIpc) is 2.44. The van der Waals surface area contributed by atoms with Crippen LogP contribution in [0.4, 0.5) is 5.69 Å². The molecule has 4 nitrogen and oxygen atoms in total. The monoisotopic (exact) mass is 278 g/mol. The molecule has 3 N–H and O–H groups in total. The van der Waals surface area contributed by atoms with Crippen LogP contribution in [0.3, 0.4) is 0 Å². The maximum absolute atomic E-state index is 10.3. The second-order valence-corrected chi connectivity index (χ2v) is 5.85. The van der Waals surface area contributed by atoms with Gasteiger partial charge in [0.15, 0.2) is 0 Å². The van der Waals surface area contributed by atoms with Crippen molar-refractivity contribution in [2.75, 3.05) is 32.5 Å². The topological polar surface area (TPSA) is 58.7 Å². The highest BCUT2D eigenvalue weighted by atomic mass is 16.5. The summed E-state index contributed by atoms with van der Waals surface area (Å²) in [5, 5.41) is 10.3. The molecule has 0 amide bonds. The second-order valence-electron chi connectivity index (χ2n) is 5.85. The lowest BCUT2D eigenvalue weighted by atomic mass is 9.99. The van der Waals surface area contributed by atoms with E-state index in [0.29, 0.717) is 11.4 Å². The van der Waals surface area contributed by atoms with E-state index in [2.05, 4.69) is 11.8 Å². The van der Waals surface area contributed by atoms with Gasteiger partial charge in [-0.05, 0) is 49.4 Å². The minimum atomic E-state index is -0.458. The molecule has 1 aromatic rings. The van der Waals surface area contributed by atoms with Gasteiger partial charge in [-0.3, -0.25) is 0 Å². The van der Waals surface area contributed by atoms with Crippen LogP contribution in [0, 0.1) is 5.92 Å². The molecule has 2 rings (SSSR count). The van der Waals surface area contributed by atoms with Crippen molar-refractivity contribution < 1.29 is 9.84 Å². The van der Waals surface area contributed by atoms with Crippen LogP contribution in [0.15, 0.2) is 18.2 Å². The van der Waals surface area contributed by atoms with Crippen molar-refractivity contribution in [2.45, 2.75) is 32.3 Å². The molecule has 1 fully saturated rings. The van der Waals surface area contributed by atoms with Gasteiger partial charge in [-0.2, -0.15) is 0 Å². The van der Waals surface area contributed by atoms with E-state index in [1.165, 1.54) is 12.8 Å². The lowest BCUT2D eigenvalue weighted by Crippen LogP contribution is -2.35. The van der Waals surface area contributed by atoms with Crippen LogP contribution in [0.2, 0.25) is 0 Å². The smallest absolute Gasteiger partial charge is 0.141 e. The van der Waals surface area contributed by atoms with E-state index in [1.54, 1.807) is 7.11 Å². The molecule has 0 radical (unpaired) electrons. The molecule has 0 aromatic heterocycles. The minimum absolute atomic E-state index is 0.458. The summed E-state index contributed by atoms with van der Waals surface area (Å²) >= 11 is 0. The van der Waals surface area contributed by atoms with Crippen molar-refractivity contribution >= 4 is 5.69 Å². The number of nitrogens with two attached hydrogens (primary N) is 1. The fourth-order valence-electron chi connectivity index (χ4n) is 2.92. The fourth-order valence-corrected chi connectivity index (χ4v) is 2.92. The molecule has 0 aliphatic carbocycles. The summed E-state index contributed by atoms with van der Waals surface area (Å²) < 4.78 is 5.13. The van der Waals surface area contributed by atoms with Crippen LogP contribution in [0.25, 0.3) is 0 Å². The maximum Gasteiger partial charge on any atom is 0.141 e. The van der Waals surface area contributed by atoms with Gasteiger partial charge in [0, 0.05) is 13.1 Å². The highest BCUT2D eigenvalue weighted by Gasteiger charge is 2.17. The number of ether oxygens (including phenoxy) is 1. The van der Waals surface area contributed by atoms with Gasteiger partial charge in [0.05, 0.1) is 18.9 Å². The highest BCUT2D eigenvalue weighted by Crippen LogP contribution is 2.27. The van der Waals surface area contributed by atoms with Crippen LogP contribution >= 0.6 is 0 Å². The van der Waals surface area contributed by atoms with Gasteiger partial charge in [-0.1, -0.05) is 13.0 Å². The Labute approximate surface area is 121 Å². The van der Waals surface area contributed by atoms with E-state index in [0.717, 1.165) is 37.5 Å². The molecule has 2 unspecified atom stereocenters. The Morgan fingerprint density at radius 1 is 1.50 bits per heavy atom. The van der Waals surface area contributed by atoms with Gasteiger partial charge in [0.1, 0.15) is 5.75 Å². The number of likely N-dealkylation sites (tertiary alicyclic amines) is 1. The summed E-state index contributed by atoms with van der Waals surface area (Å²) in [5.74, 6) is 1.43. The molecule has 4 heteroatoms. The summed E-state index contributed by atoms with van der Waals surface area (Å²) in [6, 6.07) is 5.51. The number of aliphatic hydroxyl groups is 1. The number of piperidine rings is 1. The number of benzene rings is 1. The van der Waals surface area contributed by atoms with Crippen molar-refractivity contribution in [3.05, 3.63) is 23.8 Å². The molecule has 0 spiro atoms. The number of hydrogen-bond donors (Lipinski definition) is 2. The highest BCUT2D eigenvalue weighted by molar-refractivity contribution is 5.54. The molecule has 1 aliphatic heterocycles. The van der Waals surface area contributed by atoms with Crippen molar-refractivity contribution in [3.63, 3.8) is 0 Å². The number of rotatable bonds is 5. The van der Waals surface area contributed by atoms with E-state index in [1.807, 2.05) is 18.2 Å². The fraction of sp³-hybridized carbons (Fsp3) is 0.625. The van der Waals surface area contributed by atoms with Crippen LogP contribution in [0.1, 0.15) is 37.9 Å². The summed E-state index contributed by atoms with van der Waals surface area (Å²) in [6.07, 6.45) is 2.89. The van der Waals surface area contributed by atoms with Crippen molar-refractivity contribution in [3.8, 4) is 5.75 Å². The summed E-state index contributed by atoms with van der Waals surface area (Å²) in [7, 11) is 1.60. The molecular formula is C16H26N2O2. The Bertz CT molecular complexity index is 436. The van der Waals surface area contributed by atoms with E-state index in [9.17, 15) is 5.11 Å². The van der Waals surface area contributed by atoms with Crippen molar-refractivity contribution in [2.24, 2.45) is 5.92 Å². The predicted octanol–water partition coefficient (Wildman–Crippen LogP) is 2.43. The number of aliphatic hydroxyl groups excluding tert-OH is 1. The molecule has 112 valence electrons. The third-order valence-corrected chi connectivity index (χ3v) is 4.10. The van der Waals surface area contributed by atoms with Gasteiger partial charge in [0.2, 0.25) is 0 Å². The number of anilines is 1. The largest absolute Gasteiger partial charge is 0.495 e. The van der Waals surface area contributed by atoms with E-state index >= 15 is 0 Å². The number of nitrogens with zero attached hydrogens (tertiary/aromatic N) is 1. The van der Waals surface area contributed by atoms with Gasteiger partial charge >= 0.3 is 0 Å². The summed E-state index contributed by atoms with van der Waals surface area (Å²) in [4.78, 5) is 2.45. The first-order valence-corrected chi connectivity index (χ1v) is 7.44. The zero-order valence-corrected chi connectivity index (χ0v) is 12.5. The van der Waals surface area contributed by atoms with E-state index in [4.69, 9.17) is 10.5 Å². The molecule has 1 aromatic carbocycles. The molecule has 2 atom stereocenters. The zero-order chi connectivity index (χ0) is 14.5. The molecule has 1 heterocycles. The van der Waals surface area contributed by atoms with Gasteiger partial charge in [0.25, 0.3) is 0 Å². The van der Waals surface area contributed by atoms with Crippen molar-refractivity contribution in [1.82, 2.24) is 4.90 Å². The molecule has 0 bridgehead atoms. The zero-order valence-electron chi connectivity index (χ0n) is 12.5. The average molecular weight is 278 g/mol. The van der Waals surface area contributed by atoms with Crippen LogP contribution in [-0.4, -0.2) is 36.8 Å². The normalized spacial score (nSPS) is 21.6. The first-order chi connectivity index (χ1) is 9.60. The standard InChI is InChI=1S/C16H26N2O2/c1-12-4-3-8-18(11-12)9-7-15(19)13-5-6-16(20-2)14(17)10-13/h5-6,10,12,15,19H,3-4,7-9,11,17H2,1-2H3. The first kappa shape index (κ1) is 15.1. The SMILES string of the molecule is COc1ccc(C(O)CCN2CCCC(C)C2)cc1N. The lowest BCUT2D eigenvalue weighted by molar-refractivity contribution is 0.122. The Balaban J connectivity index is 1.88. The second kappa shape index (κ2) is 6.95. The Kier molecular flexibility index (Phi) is 5.26. The third-order valence-electron chi connectivity index (χ3n) is 4.10. The van der Waals surface area contributed by atoms with Gasteiger partial charge in [-0.25, -0.2) is 0 Å². The maximum atomic E-state index is 10.3. The third kappa shape index (κ3) is 3.87. The molecule has 20 heavy (non-hydrogen) atoms. The van der Waals surface area contributed by atoms with E-state index < -0.39 is 6.10 Å². The Morgan fingerprint density at radius 3 is 2.95 bits per heavy atom. The molecule has 1 saturated heterocycles. The van der Waals surface area contributed by atoms with Crippen LogP contribution in [0.5, 0.6) is 5.75 Å². The van der Waals surface area contributed by atoms with Gasteiger partial charge in [-0.15, -0.1) is 0 Å². The Morgan fingerprint density at radius 2 is 2.30 bits per heavy atom. The predicted molar refractivity (Wildman–Crippen MR) is 81.8 cm³/mol. The van der Waals surface area contributed by atoms with Gasteiger partial charge < -0.3 is 20.5 Å². The Hall–Kier alpha value is -1.26. The first-order valence-electron chi connectivity index (χ1n) is 7.44. The van der Waals surface area contributed by atoms with Crippen LogP contribution in [-0.2, 0) is 0 Å². The molecule has 1 aliphatic rings. The molecular weight excluding hydrogens is 252 g/mol. The number of hydrogen-bond acceptors (Lipinski definition) is 4. The minimum Gasteiger partial charge on any atom is -0.495 e. The van der Waals surface area contributed by atoms with Crippen molar-refractivity contribution in [1.29, 1.82) is 0 Å².